The molecule has 0 atom stereocenters. The third-order valence-electron chi connectivity index (χ3n) is 2.21. The average molecular weight is 282 g/mol. The van der Waals surface area contributed by atoms with Crippen molar-refractivity contribution in [1.29, 1.82) is 0 Å². The Labute approximate surface area is 100 Å². The summed E-state index contributed by atoms with van der Waals surface area (Å²) in [5, 5.41) is 0. The molecule has 0 unspecified atom stereocenters. The maximum absolute atomic E-state index is 13.6. The van der Waals surface area contributed by atoms with Crippen molar-refractivity contribution in [2.45, 2.75) is 11.8 Å². The molecule has 0 aliphatic heterocycles. The van der Waals surface area contributed by atoms with E-state index < -0.39 is 20.1 Å². The Kier molecular flexibility index (Phi) is 3.19. The lowest BCUT2D eigenvalue weighted by Gasteiger charge is -2.29. The van der Waals surface area contributed by atoms with E-state index in [2.05, 4.69) is 0 Å². The van der Waals surface area contributed by atoms with Gasteiger partial charge in [0.2, 0.25) is 0 Å². The van der Waals surface area contributed by atoms with Gasteiger partial charge in [-0.2, -0.15) is 22.0 Å². The summed E-state index contributed by atoms with van der Waals surface area (Å²) in [6.45, 7) is 0. The Balaban J connectivity index is 2.51. The van der Waals surface area contributed by atoms with E-state index in [1.54, 1.807) is 0 Å². The molecule has 0 saturated carbocycles. The fraction of sp³-hybridized carbons (Fsp3) is 0.200. The zero-order valence-electron chi connectivity index (χ0n) is 8.85. The maximum atomic E-state index is 13.6. The highest BCUT2D eigenvalue weighted by atomic mass is 31.1. The van der Waals surface area contributed by atoms with Gasteiger partial charge in [-0.3, -0.25) is 0 Å². The summed E-state index contributed by atoms with van der Waals surface area (Å²) in [7, 11) is -2.93. The highest BCUT2D eigenvalue weighted by Gasteiger charge is 2.64. The normalized spacial score (nSPS) is 13.2. The number of alkyl halides is 5. The van der Waals surface area contributed by atoms with Crippen molar-refractivity contribution in [3.8, 4) is 0 Å². The van der Waals surface area contributed by atoms with Crippen LogP contribution < -0.4 is 0 Å². The van der Waals surface area contributed by atoms with E-state index >= 15 is 0 Å². The molecule has 2 heterocycles. The quantitative estimate of drug-likeness (QED) is 0.591. The Morgan fingerprint density at radius 2 is 1.00 bits per heavy atom. The molecule has 0 spiro atoms. The summed E-state index contributed by atoms with van der Waals surface area (Å²) in [6, 6.07) is 5.63. The molecule has 2 rings (SSSR count). The molecule has 2 nitrogen and oxygen atoms in total. The van der Waals surface area contributed by atoms with Crippen LogP contribution in [0.1, 0.15) is 0 Å². The van der Waals surface area contributed by atoms with E-state index in [-0.39, 0.29) is 0 Å². The number of nitrogens with zero attached hydrogens (tertiary/aromatic N) is 2. The fourth-order valence-corrected chi connectivity index (χ4v) is 3.28. The van der Waals surface area contributed by atoms with Crippen molar-refractivity contribution in [2.24, 2.45) is 0 Å². The van der Waals surface area contributed by atoms with Crippen molar-refractivity contribution in [2.75, 3.05) is 0 Å². The number of hydrogen-bond acceptors (Lipinski definition) is 0. The second-order valence-corrected chi connectivity index (χ2v) is 5.52. The Morgan fingerprint density at radius 3 is 1.28 bits per heavy atom. The summed E-state index contributed by atoms with van der Waals surface area (Å²) in [6.07, 6.45) is -0.791. The van der Waals surface area contributed by atoms with E-state index in [0.29, 0.717) is 0 Å². The number of hydrogen-bond donors (Lipinski definition) is 0. The molecule has 2 aromatic heterocycles. The van der Waals surface area contributed by atoms with Crippen LogP contribution in [-0.4, -0.2) is 20.5 Å². The topological polar surface area (TPSA) is 9.86 Å². The summed E-state index contributed by atoms with van der Waals surface area (Å²) in [5.74, 6) is 0. The summed E-state index contributed by atoms with van der Waals surface area (Å²) in [5.41, 5.74) is -4.81. The van der Waals surface area contributed by atoms with Crippen LogP contribution in [0.5, 0.6) is 0 Å². The van der Waals surface area contributed by atoms with Gasteiger partial charge < -0.3 is 8.68 Å². The van der Waals surface area contributed by atoms with Crippen LogP contribution in [0.25, 0.3) is 0 Å². The fourth-order valence-electron chi connectivity index (χ4n) is 1.43. The van der Waals surface area contributed by atoms with E-state index in [9.17, 15) is 22.0 Å². The molecule has 0 saturated heterocycles. The predicted molar refractivity (Wildman–Crippen MR) is 57.6 cm³/mol. The second-order valence-electron chi connectivity index (χ2n) is 3.45. The van der Waals surface area contributed by atoms with Gasteiger partial charge in [0.25, 0.3) is 0 Å². The summed E-state index contributed by atoms with van der Waals surface area (Å²) >= 11 is 0. The molecule has 2 aromatic rings. The standard InChI is InChI=1S/C10H8F5N2P/c11-9(12,13)10(14,15)18(16-5-1-2-6-16)17-7-3-4-8-17/h1-8H. The molecule has 0 aromatic carbocycles. The molecule has 0 radical (unpaired) electrons. The molecule has 98 valence electrons. The van der Waals surface area contributed by atoms with Crippen molar-refractivity contribution in [1.82, 2.24) is 8.68 Å². The molecule has 0 aliphatic rings. The molecule has 0 amide bonds. The minimum atomic E-state index is -5.59. The molecule has 0 N–H and O–H groups in total. The van der Waals surface area contributed by atoms with Gasteiger partial charge in [0.05, 0.1) is 0 Å². The van der Waals surface area contributed by atoms with Crippen LogP contribution in [0, 0.1) is 0 Å². The molecule has 18 heavy (non-hydrogen) atoms. The van der Waals surface area contributed by atoms with E-state index in [0.717, 1.165) is 8.68 Å². The molecular formula is C10H8F5N2P. The number of rotatable bonds is 3. The summed E-state index contributed by atoms with van der Waals surface area (Å²) in [4.78, 5) is 0. The van der Waals surface area contributed by atoms with Gasteiger partial charge in [-0.1, -0.05) is 0 Å². The molecule has 0 fully saturated rings. The maximum Gasteiger partial charge on any atom is 0.461 e. The van der Waals surface area contributed by atoms with Gasteiger partial charge in [-0.05, 0) is 24.3 Å². The Bertz CT molecular complexity index is 455. The van der Waals surface area contributed by atoms with E-state index in [1.807, 2.05) is 0 Å². The second kappa shape index (κ2) is 4.39. The lowest BCUT2D eigenvalue weighted by atomic mass is 10.7. The van der Waals surface area contributed by atoms with Crippen LogP contribution in [0.15, 0.2) is 49.1 Å². The van der Waals surface area contributed by atoms with Crippen molar-refractivity contribution in [3.63, 3.8) is 0 Å². The first-order valence-corrected chi connectivity index (χ1v) is 6.10. The molecule has 0 bridgehead atoms. The zero-order valence-corrected chi connectivity index (χ0v) is 9.74. The number of halogens is 5. The van der Waals surface area contributed by atoms with E-state index in [4.69, 9.17) is 0 Å². The first-order chi connectivity index (χ1) is 8.34. The van der Waals surface area contributed by atoms with Crippen molar-refractivity contribution < 1.29 is 22.0 Å². The van der Waals surface area contributed by atoms with Gasteiger partial charge in [0, 0.05) is 24.8 Å². The third kappa shape index (κ3) is 2.14. The molecule has 0 aliphatic carbocycles. The van der Waals surface area contributed by atoms with Crippen LogP contribution in [-0.2, 0) is 0 Å². The highest BCUT2D eigenvalue weighted by molar-refractivity contribution is 7.55. The lowest BCUT2D eigenvalue weighted by molar-refractivity contribution is -0.241. The minimum absolute atomic E-state index is 0.892. The first kappa shape index (κ1) is 13.1. The first-order valence-electron chi connectivity index (χ1n) is 4.85. The molecule has 8 heteroatoms. The van der Waals surface area contributed by atoms with Crippen LogP contribution in [0.4, 0.5) is 22.0 Å². The van der Waals surface area contributed by atoms with Crippen LogP contribution in [0.2, 0.25) is 0 Å². The van der Waals surface area contributed by atoms with E-state index in [1.165, 1.54) is 49.1 Å². The third-order valence-corrected chi connectivity index (χ3v) is 4.37. The van der Waals surface area contributed by atoms with Gasteiger partial charge in [0.1, 0.15) is 0 Å². The largest absolute Gasteiger partial charge is 0.461 e. The van der Waals surface area contributed by atoms with Crippen molar-refractivity contribution >= 4 is 8.22 Å². The Hall–Kier alpha value is -1.36. The summed E-state index contributed by atoms with van der Waals surface area (Å²) < 4.78 is 66.5. The Morgan fingerprint density at radius 1 is 0.667 bits per heavy atom. The zero-order chi connectivity index (χ0) is 13.4. The van der Waals surface area contributed by atoms with Crippen LogP contribution in [0.3, 0.4) is 0 Å². The van der Waals surface area contributed by atoms with Gasteiger partial charge in [-0.25, -0.2) is 0 Å². The minimum Gasteiger partial charge on any atom is -0.311 e. The predicted octanol–water partition coefficient (Wildman–Crippen LogP) is 4.15. The van der Waals surface area contributed by atoms with Crippen LogP contribution >= 0.6 is 8.22 Å². The molecular weight excluding hydrogens is 274 g/mol. The lowest BCUT2D eigenvalue weighted by Crippen LogP contribution is -2.37. The average Bonchev–Trinajstić information content (AvgIpc) is 2.88. The SMILES string of the molecule is FC(F)(F)C(F)(F)P(n1cccc1)n1cccc1. The highest BCUT2D eigenvalue weighted by Crippen LogP contribution is 2.60. The van der Waals surface area contributed by atoms with Gasteiger partial charge >= 0.3 is 11.8 Å². The number of aromatic nitrogens is 2. The smallest absolute Gasteiger partial charge is 0.311 e. The monoisotopic (exact) mass is 282 g/mol. The van der Waals surface area contributed by atoms with Gasteiger partial charge in [0.15, 0.2) is 8.22 Å². The van der Waals surface area contributed by atoms with Crippen molar-refractivity contribution in [3.05, 3.63) is 49.1 Å². The van der Waals surface area contributed by atoms with Gasteiger partial charge in [-0.15, -0.1) is 0 Å².